The molecule has 124 valence electrons. The number of ether oxygens (including phenoxy) is 2. The molecular formula is C19H24ClNO2. The van der Waals surface area contributed by atoms with E-state index in [-0.39, 0.29) is 6.10 Å². The summed E-state index contributed by atoms with van der Waals surface area (Å²) < 4.78 is 11.5. The molecule has 0 aromatic heterocycles. The highest BCUT2D eigenvalue weighted by molar-refractivity contribution is 6.32. The zero-order valence-electron chi connectivity index (χ0n) is 13.9. The average Bonchev–Trinajstić information content (AvgIpc) is 2.54. The molecule has 0 bridgehead atoms. The normalized spacial score (nSPS) is 12.0. The predicted molar refractivity (Wildman–Crippen MR) is 96.8 cm³/mol. The third kappa shape index (κ3) is 6.03. The summed E-state index contributed by atoms with van der Waals surface area (Å²) in [6.07, 6.45) is 0.00627. The van der Waals surface area contributed by atoms with Crippen LogP contribution in [0.25, 0.3) is 0 Å². The molecule has 1 N–H and O–H groups in total. The molecule has 0 fully saturated rings. The third-order valence-corrected chi connectivity index (χ3v) is 3.51. The topological polar surface area (TPSA) is 30.5 Å². The smallest absolute Gasteiger partial charge is 0.138 e. The van der Waals surface area contributed by atoms with E-state index in [9.17, 15) is 0 Å². The summed E-state index contributed by atoms with van der Waals surface area (Å²) in [6, 6.07) is 15.5. The molecule has 0 amide bonds. The minimum Gasteiger partial charge on any atom is -0.493 e. The Morgan fingerprint density at radius 2 is 1.70 bits per heavy atom. The molecular weight excluding hydrogens is 310 g/mol. The van der Waals surface area contributed by atoms with E-state index in [1.165, 1.54) is 0 Å². The molecule has 3 nitrogen and oxygen atoms in total. The summed E-state index contributed by atoms with van der Waals surface area (Å²) in [4.78, 5) is 0. The maximum Gasteiger partial charge on any atom is 0.138 e. The van der Waals surface area contributed by atoms with Gasteiger partial charge in [-0.2, -0.15) is 0 Å². The van der Waals surface area contributed by atoms with Crippen LogP contribution in [-0.4, -0.2) is 19.3 Å². The van der Waals surface area contributed by atoms with E-state index >= 15 is 0 Å². The van der Waals surface area contributed by atoms with Crippen molar-refractivity contribution in [1.29, 1.82) is 0 Å². The quantitative estimate of drug-likeness (QED) is 0.715. The standard InChI is InChI=1S/C19H24ClNO2/c1-14(2)13-22-17-10-8-16(9-11-17)21-12-15(3)23-19-7-5-4-6-18(19)20/h4-11,14-15,21H,12-13H2,1-3H3. The molecule has 1 unspecified atom stereocenters. The van der Waals surface area contributed by atoms with Crippen LogP contribution in [0.15, 0.2) is 48.5 Å². The van der Waals surface area contributed by atoms with Gasteiger partial charge in [-0.3, -0.25) is 0 Å². The summed E-state index contributed by atoms with van der Waals surface area (Å²) in [5.41, 5.74) is 1.04. The van der Waals surface area contributed by atoms with Crippen molar-refractivity contribution in [2.45, 2.75) is 26.9 Å². The summed E-state index contributed by atoms with van der Waals surface area (Å²) in [7, 11) is 0. The van der Waals surface area contributed by atoms with Crippen molar-refractivity contribution in [1.82, 2.24) is 0 Å². The van der Waals surface area contributed by atoms with Crippen molar-refractivity contribution < 1.29 is 9.47 Å². The molecule has 0 aliphatic rings. The van der Waals surface area contributed by atoms with Gasteiger partial charge in [0.05, 0.1) is 18.2 Å². The van der Waals surface area contributed by atoms with E-state index in [1.807, 2.05) is 55.5 Å². The maximum absolute atomic E-state index is 6.10. The first-order chi connectivity index (χ1) is 11.0. The van der Waals surface area contributed by atoms with Gasteiger partial charge in [0.1, 0.15) is 17.6 Å². The van der Waals surface area contributed by atoms with Crippen molar-refractivity contribution in [3.8, 4) is 11.5 Å². The van der Waals surface area contributed by atoms with Crippen molar-refractivity contribution in [2.75, 3.05) is 18.5 Å². The number of rotatable bonds is 8. The minimum absolute atomic E-state index is 0.00627. The molecule has 0 aliphatic carbocycles. The zero-order valence-corrected chi connectivity index (χ0v) is 14.6. The Morgan fingerprint density at radius 1 is 1.00 bits per heavy atom. The minimum atomic E-state index is 0.00627. The molecule has 0 spiro atoms. The average molecular weight is 334 g/mol. The van der Waals surface area contributed by atoms with E-state index in [4.69, 9.17) is 21.1 Å². The number of halogens is 1. The summed E-state index contributed by atoms with van der Waals surface area (Å²) in [6.45, 7) is 7.70. The Kier molecular flexibility index (Phi) is 6.60. The number of hydrogen-bond donors (Lipinski definition) is 1. The Morgan fingerprint density at radius 3 is 2.35 bits per heavy atom. The Hall–Kier alpha value is -1.87. The van der Waals surface area contributed by atoms with Crippen LogP contribution < -0.4 is 14.8 Å². The van der Waals surface area contributed by atoms with E-state index in [0.29, 0.717) is 23.2 Å². The molecule has 2 aromatic carbocycles. The number of benzene rings is 2. The SMILES string of the molecule is CC(C)COc1ccc(NCC(C)Oc2ccccc2Cl)cc1. The van der Waals surface area contributed by atoms with Gasteiger partial charge in [0.2, 0.25) is 0 Å². The number of para-hydroxylation sites is 1. The van der Waals surface area contributed by atoms with Crippen molar-refractivity contribution in [2.24, 2.45) is 5.92 Å². The fraction of sp³-hybridized carbons (Fsp3) is 0.368. The van der Waals surface area contributed by atoms with E-state index in [1.54, 1.807) is 0 Å². The van der Waals surface area contributed by atoms with Crippen LogP contribution in [0.2, 0.25) is 5.02 Å². The highest BCUT2D eigenvalue weighted by atomic mass is 35.5. The second-order valence-corrected chi connectivity index (χ2v) is 6.38. The Bertz CT molecular complexity index is 599. The second-order valence-electron chi connectivity index (χ2n) is 5.97. The molecule has 1 atom stereocenters. The lowest BCUT2D eigenvalue weighted by Gasteiger charge is -2.17. The zero-order chi connectivity index (χ0) is 16.7. The lowest BCUT2D eigenvalue weighted by Crippen LogP contribution is -2.22. The van der Waals surface area contributed by atoms with Gasteiger partial charge >= 0.3 is 0 Å². The van der Waals surface area contributed by atoms with Crippen molar-refractivity contribution in [3.05, 3.63) is 53.6 Å². The second kappa shape index (κ2) is 8.68. The van der Waals surface area contributed by atoms with E-state index in [0.717, 1.165) is 18.0 Å². The molecule has 4 heteroatoms. The van der Waals surface area contributed by atoms with Gasteiger partial charge in [0, 0.05) is 5.69 Å². The van der Waals surface area contributed by atoms with E-state index < -0.39 is 0 Å². The number of nitrogens with one attached hydrogen (secondary N) is 1. The van der Waals surface area contributed by atoms with Crippen LogP contribution in [0.1, 0.15) is 20.8 Å². The first-order valence-electron chi connectivity index (χ1n) is 7.92. The molecule has 0 radical (unpaired) electrons. The first-order valence-corrected chi connectivity index (χ1v) is 8.30. The molecule has 0 saturated carbocycles. The number of anilines is 1. The monoisotopic (exact) mass is 333 g/mol. The van der Waals surface area contributed by atoms with Gasteiger partial charge in [-0.1, -0.05) is 37.6 Å². The largest absolute Gasteiger partial charge is 0.493 e. The van der Waals surface area contributed by atoms with Crippen LogP contribution in [0, 0.1) is 5.92 Å². The van der Waals surface area contributed by atoms with E-state index in [2.05, 4.69) is 19.2 Å². The fourth-order valence-corrected chi connectivity index (χ4v) is 2.17. The molecule has 0 aliphatic heterocycles. The maximum atomic E-state index is 6.10. The number of hydrogen-bond acceptors (Lipinski definition) is 3. The highest BCUT2D eigenvalue weighted by Gasteiger charge is 2.07. The van der Waals surface area contributed by atoms with Crippen molar-refractivity contribution >= 4 is 17.3 Å². The molecule has 2 rings (SSSR count). The van der Waals surface area contributed by atoms with Crippen LogP contribution in [0.5, 0.6) is 11.5 Å². The van der Waals surface area contributed by atoms with Crippen LogP contribution in [-0.2, 0) is 0 Å². The van der Waals surface area contributed by atoms with Gasteiger partial charge in [0.25, 0.3) is 0 Å². The van der Waals surface area contributed by atoms with Gasteiger partial charge in [-0.05, 0) is 49.2 Å². The fourth-order valence-electron chi connectivity index (χ4n) is 1.99. The lowest BCUT2D eigenvalue weighted by molar-refractivity contribution is 0.235. The van der Waals surface area contributed by atoms with Gasteiger partial charge in [-0.15, -0.1) is 0 Å². The summed E-state index contributed by atoms with van der Waals surface area (Å²) in [5, 5.41) is 3.98. The first kappa shape index (κ1) is 17.5. The van der Waals surface area contributed by atoms with Gasteiger partial charge in [0.15, 0.2) is 0 Å². The molecule has 2 aromatic rings. The van der Waals surface area contributed by atoms with Crippen LogP contribution in [0.3, 0.4) is 0 Å². The third-order valence-electron chi connectivity index (χ3n) is 3.20. The summed E-state index contributed by atoms with van der Waals surface area (Å²) in [5.74, 6) is 2.13. The molecule has 0 saturated heterocycles. The Balaban J connectivity index is 1.80. The summed E-state index contributed by atoms with van der Waals surface area (Å²) >= 11 is 6.10. The molecule has 0 heterocycles. The van der Waals surface area contributed by atoms with Crippen LogP contribution in [0.4, 0.5) is 5.69 Å². The highest BCUT2D eigenvalue weighted by Crippen LogP contribution is 2.24. The Labute approximate surface area is 143 Å². The predicted octanol–water partition coefficient (Wildman–Crippen LogP) is 5.25. The van der Waals surface area contributed by atoms with Gasteiger partial charge < -0.3 is 14.8 Å². The molecule has 23 heavy (non-hydrogen) atoms. The van der Waals surface area contributed by atoms with Gasteiger partial charge in [-0.25, -0.2) is 0 Å². The van der Waals surface area contributed by atoms with Crippen molar-refractivity contribution in [3.63, 3.8) is 0 Å². The lowest BCUT2D eigenvalue weighted by atomic mass is 10.2. The van der Waals surface area contributed by atoms with Crippen LogP contribution >= 0.6 is 11.6 Å².